The van der Waals surface area contributed by atoms with Crippen molar-refractivity contribution in [3.05, 3.63) is 66.7 Å². The first kappa shape index (κ1) is 18.4. The van der Waals surface area contributed by atoms with Gasteiger partial charge in [-0.1, -0.05) is 12.1 Å². The van der Waals surface area contributed by atoms with Crippen molar-refractivity contribution in [2.45, 2.75) is 0 Å². The predicted molar refractivity (Wildman–Crippen MR) is 112 cm³/mol. The van der Waals surface area contributed by atoms with Crippen molar-refractivity contribution in [1.29, 1.82) is 0 Å². The van der Waals surface area contributed by atoms with Crippen molar-refractivity contribution in [2.75, 3.05) is 24.9 Å². The highest BCUT2D eigenvalue weighted by Gasteiger charge is 2.09. The van der Waals surface area contributed by atoms with Crippen LogP contribution >= 0.6 is 0 Å². The number of nitrogens with zero attached hydrogens (tertiary/aromatic N) is 1. The molecule has 0 radical (unpaired) electrons. The monoisotopic (exact) mass is 389 g/mol. The third-order valence-corrected chi connectivity index (χ3v) is 4.29. The Morgan fingerprint density at radius 3 is 2.17 bits per heavy atom. The van der Waals surface area contributed by atoms with E-state index in [9.17, 15) is 4.79 Å². The van der Waals surface area contributed by atoms with Gasteiger partial charge in [0.2, 0.25) is 5.89 Å². The number of oxazole rings is 1. The minimum atomic E-state index is -0.380. The molecule has 146 valence electrons. The van der Waals surface area contributed by atoms with E-state index in [-0.39, 0.29) is 6.03 Å². The van der Waals surface area contributed by atoms with E-state index in [1.807, 2.05) is 36.4 Å². The van der Waals surface area contributed by atoms with Crippen LogP contribution in [0.2, 0.25) is 0 Å². The van der Waals surface area contributed by atoms with Gasteiger partial charge >= 0.3 is 6.03 Å². The zero-order chi connectivity index (χ0) is 20.2. The molecular weight excluding hydrogens is 370 g/mol. The summed E-state index contributed by atoms with van der Waals surface area (Å²) in [5, 5.41) is 5.55. The molecule has 0 unspecified atom stereocenters. The number of hydrogen-bond donors (Lipinski definition) is 2. The van der Waals surface area contributed by atoms with Gasteiger partial charge in [0, 0.05) is 35.1 Å². The summed E-state index contributed by atoms with van der Waals surface area (Å²) in [6.45, 7) is 0. The highest BCUT2D eigenvalue weighted by Crippen LogP contribution is 2.27. The first-order valence-electron chi connectivity index (χ1n) is 8.92. The lowest BCUT2D eigenvalue weighted by Gasteiger charge is -2.11. The van der Waals surface area contributed by atoms with Gasteiger partial charge in [0.25, 0.3) is 0 Å². The van der Waals surface area contributed by atoms with Gasteiger partial charge in [0.15, 0.2) is 5.58 Å². The molecule has 0 aliphatic heterocycles. The Kier molecular flexibility index (Phi) is 5.03. The van der Waals surface area contributed by atoms with Crippen LogP contribution in [-0.2, 0) is 0 Å². The van der Waals surface area contributed by atoms with E-state index < -0.39 is 0 Å². The van der Waals surface area contributed by atoms with Crippen molar-refractivity contribution < 1.29 is 18.7 Å². The average molecular weight is 389 g/mol. The summed E-state index contributed by atoms with van der Waals surface area (Å²) in [5.41, 5.74) is 3.55. The van der Waals surface area contributed by atoms with Crippen LogP contribution in [0.4, 0.5) is 16.2 Å². The lowest BCUT2D eigenvalue weighted by molar-refractivity contribution is 0.262. The smallest absolute Gasteiger partial charge is 0.323 e. The van der Waals surface area contributed by atoms with Crippen LogP contribution in [-0.4, -0.2) is 25.2 Å². The van der Waals surface area contributed by atoms with Crippen molar-refractivity contribution >= 4 is 28.5 Å². The Morgan fingerprint density at radius 1 is 0.862 bits per heavy atom. The van der Waals surface area contributed by atoms with E-state index in [1.54, 1.807) is 44.6 Å². The Labute approximate surface area is 167 Å². The molecule has 0 saturated carbocycles. The van der Waals surface area contributed by atoms with E-state index in [0.717, 1.165) is 16.7 Å². The summed E-state index contributed by atoms with van der Waals surface area (Å²) in [7, 11) is 3.11. The summed E-state index contributed by atoms with van der Waals surface area (Å²) in [4.78, 5) is 16.8. The Balaban J connectivity index is 1.45. The summed E-state index contributed by atoms with van der Waals surface area (Å²) < 4.78 is 16.2. The van der Waals surface area contributed by atoms with Crippen LogP contribution in [0.3, 0.4) is 0 Å². The maximum absolute atomic E-state index is 12.3. The van der Waals surface area contributed by atoms with Crippen molar-refractivity contribution in [1.82, 2.24) is 4.98 Å². The van der Waals surface area contributed by atoms with Gasteiger partial charge in [-0.15, -0.1) is 0 Å². The number of methoxy groups -OCH3 is 2. The Morgan fingerprint density at radius 2 is 1.52 bits per heavy atom. The molecule has 0 saturated heterocycles. The van der Waals surface area contributed by atoms with E-state index in [2.05, 4.69) is 15.6 Å². The van der Waals surface area contributed by atoms with Crippen LogP contribution in [0.1, 0.15) is 0 Å². The quantitative estimate of drug-likeness (QED) is 0.493. The number of nitrogens with one attached hydrogen (secondary N) is 2. The van der Waals surface area contributed by atoms with Crippen LogP contribution in [0.15, 0.2) is 71.1 Å². The predicted octanol–water partition coefficient (Wildman–Crippen LogP) is 5.16. The molecule has 0 fully saturated rings. The van der Waals surface area contributed by atoms with E-state index in [4.69, 9.17) is 13.9 Å². The van der Waals surface area contributed by atoms with Crippen molar-refractivity contribution in [3.63, 3.8) is 0 Å². The molecule has 3 aromatic carbocycles. The van der Waals surface area contributed by atoms with Gasteiger partial charge in [-0.2, -0.15) is 0 Å². The Hall–Kier alpha value is -4.00. The number of para-hydroxylation sites is 2. The summed E-state index contributed by atoms with van der Waals surface area (Å²) >= 11 is 0. The van der Waals surface area contributed by atoms with E-state index in [0.29, 0.717) is 28.8 Å². The highest BCUT2D eigenvalue weighted by molar-refractivity contribution is 6.00. The molecule has 4 aromatic rings. The van der Waals surface area contributed by atoms with Gasteiger partial charge < -0.3 is 24.5 Å². The zero-order valence-electron chi connectivity index (χ0n) is 15.9. The number of ether oxygens (including phenoxy) is 2. The van der Waals surface area contributed by atoms with Gasteiger partial charge in [0.1, 0.15) is 17.0 Å². The number of fused-ring (bicyclic) bond motifs is 1. The van der Waals surface area contributed by atoms with E-state index >= 15 is 0 Å². The maximum atomic E-state index is 12.3. The molecule has 1 aromatic heterocycles. The molecule has 7 nitrogen and oxygen atoms in total. The van der Waals surface area contributed by atoms with Crippen LogP contribution < -0.4 is 20.1 Å². The minimum absolute atomic E-state index is 0.380. The average Bonchev–Trinajstić information content (AvgIpc) is 3.18. The maximum Gasteiger partial charge on any atom is 0.323 e. The summed E-state index contributed by atoms with van der Waals surface area (Å²) in [6.07, 6.45) is 0. The lowest BCUT2D eigenvalue weighted by Crippen LogP contribution is -2.19. The molecule has 2 amide bonds. The molecule has 0 spiro atoms. The number of urea groups is 1. The van der Waals surface area contributed by atoms with Gasteiger partial charge in [-0.05, 0) is 36.4 Å². The van der Waals surface area contributed by atoms with Crippen molar-refractivity contribution in [2.24, 2.45) is 0 Å². The molecule has 0 aliphatic carbocycles. The molecule has 7 heteroatoms. The number of hydrogen-bond acceptors (Lipinski definition) is 5. The molecule has 1 heterocycles. The third-order valence-electron chi connectivity index (χ3n) is 4.29. The van der Waals surface area contributed by atoms with Crippen LogP contribution in [0.25, 0.3) is 22.6 Å². The standard InChI is InChI=1S/C22H19N3O4/c1-27-17-11-16(12-18(13-17)28-2)24-22(26)23-15-9-7-14(8-10-15)21-25-19-5-3-4-6-20(19)29-21/h3-13H,1-2H3,(H2,23,24,26). The second kappa shape index (κ2) is 7.93. The summed E-state index contributed by atoms with van der Waals surface area (Å²) in [5.74, 6) is 1.70. The topological polar surface area (TPSA) is 85.6 Å². The van der Waals surface area contributed by atoms with Gasteiger partial charge in [0.05, 0.1) is 14.2 Å². The fourth-order valence-corrected chi connectivity index (χ4v) is 2.86. The first-order chi connectivity index (χ1) is 14.1. The Bertz CT molecular complexity index is 1100. The van der Waals surface area contributed by atoms with Crippen LogP contribution in [0.5, 0.6) is 11.5 Å². The van der Waals surface area contributed by atoms with Gasteiger partial charge in [-0.25, -0.2) is 9.78 Å². The largest absolute Gasteiger partial charge is 0.497 e. The number of carbonyl (C=O) groups excluding carboxylic acids is 1. The second-order valence-electron chi connectivity index (χ2n) is 6.24. The molecule has 4 rings (SSSR count). The minimum Gasteiger partial charge on any atom is -0.497 e. The molecular formula is C22H19N3O4. The summed E-state index contributed by atoms with van der Waals surface area (Å²) in [6, 6.07) is 19.6. The normalized spacial score (nSPS) is 10.6. The first-order valence-corrected chi connectivity index (χ1v) is 8.92. The number of rotatable bonds is 5. The fourth-order valence-electron chi connectivity index (χ4n) is 2.86. The number of amides is 2. The highest BCUT2D eigenvalue weighted by atomic mass is 16.5. The van der Waals surface area contributed by atoms with Crippen molar-refractivity contribution in [3.8, 4) is 23.0 Å². The second-order valence-corrected chi connectivity index (χ2v) is 6.24. The SMILES string of the molecule is COc1cc(NC(=O)Nc2ccc(-c3nc4ccccc4o3)cc2)cc(OC)c1. The zero-order valence-corrected chi connectivity index (χ0v) is 15.9. The molecule has 0 aliphatic rings. The molecule has 0 bridgehead atoms. The fraction of sp³-hybridized carbons (Fsp3) is 0.0909. The molecule has 2 N–H and O–H groups in total. The lowest BCUT2D eigenvalue weighted by atomic mass is 10.2. The number of carbonyl (C=O) groups is 1. The molecule has 29 heavy (non-hydrogen) atoms. The van der Waals surface area contributed by atoms with E-state index in [1.165, 1.54) is 0 Å². The number of benzene rings is 3. The van der Waals surface area contributed by atoms with Crippen LogP contribution in [0, 0.1) is 0 Å². The van der Waals surface area contributed by atoms with Gasteiger partial charge in [-0.3, -0.25) is 0 Å². The number of anilines is 2. The third kappa shape index (κ3) is 4.14. The molecule has 0 atom stereocenters. The number of aromatic nitrogens is 1.